The van der Waals surface area contributed by atoms with Gasteiger partial charge in [-0.1, -0.05) is 13.0 Å². The number of aryl methyl sites for hydroxylation is 1. The van der Waals surface area contributed by atoms with Crippen LogP contribution in [0.25, 0.3) is 10.9 Å². The first-order chi connectivity index (χ1) is 14.0. The number of rotatable bonds is 8. The molecule has 0 spiro atoms. The van der Waals surface area contributed by atoms with Crippen molar-refractivity contribution in [1.82, 2.24) is 14.9 Å². The Bertz CT molecular complexity index is 1060. The Labute approximate surface area is 173 Å². The molecular formula is C23H29N3O2S. The van der Waals surface area contributed by atoms with E-state index in [0.29, 0.717) is 12.5 Å². The second kappa shape index (κ2) is 8.67. The molecular weight excluding hydrogens is 382 g/mol. The van der Waals surface area contributed by atoms with E-state index in [9.17, 15) is 8.42 Å². The van der Waals surface area contributed by atoms with Crippen LogP contribution < -0.4 is 0 Å². The number of likely N-dealkylation sites (tertiary alicyclic amines) is 1. The number of sulfone groups is 1. The maximum absolute atomic E-state index is 11.9. The van der Waals surface area contributed by atoms with E-state index in [1.807, 2.05) is 18.5 Å². The Morgan fingerprint density at radius 2 is 2.00 bits per heavy atom. The molecule has 5 nitrogen and oxygen atoms in total. The van der Waals surface area contributed by atoms with E-state index in [4.69, 9.17) is 0 Å². The number of H-pyrrole nitrogens is 1. The average molecular weight is 412 g/mol. The van der Waals surface area contributed by atoms with Crippen LogP contribution in [0.4, 0.5) is 0 Å². The third-order valence-corrected chi connectivity index (χ3v) is 7.77. The highest BCUT2D eigenvalue weighted by molar-refractivity contribution is 7.91. The van der Waals surface area contributed by atoms with Gasteiger partial charge in [-0.15, -0.1) is 0 Å². The van der Waals surface area contributed by atoms with Gasteiger partial charge >= 0.3 is 0 Å². The van der Waals surface area contributed by atoms with Crippen molar-refractivity contribution in [3.8, 4) is 0 Å². The van der Waals surface area contributed by atoms with Crippen molar-refractivity contribution in [3.05, 3.63) is 65.6 Å². The monoisotopic (exact) mass is 411 g/mol. The second-order valence-corrected chi connectivity index (χ2v) is 10.5. The molecule has 1 atom stereocenters. The van der Waals surface area contributed by atoms with Crippen molar-refractivity contribution in [2.75, 3.05) is 18.1 Å². The van der Waals surface area contributed by atoms with E-state index < -0.39 is 9.84 Å². The minimum absolute atomic E-state index is 0.208. The molecule has 1 aliphatic heterocycles. The predicted molar refractivity (Wildman–Crippen MR) is 118 cm³/mol. The van der Waals surface area contributed by atoms with Crippen molar-refractivity contribution < 1.29 is 8.42 Å². The van der Waals surface area contributed by atoms with Crippen molar-refractivity contribution >= 4 is 20.7 Å². The Morgan fingerprint density at radius 3 is 2.79 bits per heavy atom. The quantitative estimate of drug-likeness (QED) is 0.613. The Kier molecular flexibility index (Phi) is 6.01. The molecule has 29 heavy (non-hydrogen) atoms. The van der Waals surface area contributed by atoms with Gasteiger partial charge in [-0.2, -0.15) is 0 Å². The number of pyridine rings is 1. The van der Waals surface area contributed by atoms with Gasteiger partial charge < -0.3 is 4.98 Å². The molecule has 0 amide bonds. The van der Waals surface area contributed by atoms with Crippen LogP contribution in [0, 0.1) is 0 Å². The normalized spacial score (nSPS) is 17.9. The third-order valence-electron chi connectivity index (χ3n) is 6.06. The van der Waals surface area contributed by atoms with Gasteiger partial charge in [-0.25, -0.2) is 8.42 Å². The summed E-state index contributed by atoms with van der Waals surface area (Å²) in [7, 11) is -2.94. The zero-order chi connectivity index (χ0) is 20.3. The molecule has 1 fully saturated rings. The summed E-state index contributed by atoms with van der Waals surface area (Å²) in [5.74, 6) is 0.427. The van der Waals surface area contributed by atoms with E-state index in [2.05, 4.69) is 45.3 Å². The van der Waals surface area contributed by atoms with Gasteiger partial charge in [0.05, 0.1) is 5.75 Å². The number of aromatic nitrogens is 2. The summed E-state index contributed by atoms with van der Waals surface area (Å²) in [6.45, 7) is 3.81. The molecule has 6 heteroatoms. The van der Waals surface area contributed by atoms with Crippen LogP contribution >= 0.6 is 0 Å². The number of fused-ring (bicyclic) bond motifs is 1. The van der Waals surface area contributed by atoms with Crippen molar-refractivity contribution in [2.45, 2.75) is 45.2 Å². The number of nitrogens with one attached hydrogen (secondary N) is 1. The molecule has 1 saturated heterocycles. The number of nitrogens with zero attached hydrogens (tertiary/aromatic N) is 2. The Balaban J connectivity index is 1.49. The second-order valence-electron chi connectivity index (χ2n) is 8.01. The lowest BCUT2D eigenvalue weighted by molar-refractivity contribution is 0.244. The fourth-order valence-corrected chi connectivity index (χ4v) is 5.11. The summed E-state index contributed by atoms with van der Waals surface area (Å²) >= 11 is 0. The standard InChI is InChI=1S/C23H29N3O2S/c1-2-29(27,28)13-9-18-5-6-23-22(14-18)20(16-25-23)15-21-4-3-12-26(21)17-19-7-10-24-11-8-19/h5-8,10-11,14,16,21,25H,2-4,9,12-13,15,17H2,1H3/t21-/m1/s1. The summed E-state index contributed by atoms with van der Waals surface area (Å²) in [5.41, 5.74) is 4.85. The van der Waals surface area contributed by atoms with Gasteiger partial charge in [0.2, 0.25) is 0 Å². The minimum atomic E-state index is -2.94. The molecule has 1 aliphatic rings. The van der Waals surface area contributed by atoms with Crippen molar-refractivity contribution in [1.29, 1.82) is 0 Å². The zero-order valence-corrected chi connectivity index (χ0v) is 17.8. The molecule has 0 saturated carbocycles. The molecule has 4 rings (SSSR count). The fraction of sp³-hybridized carbons (Fsp3) is 0.435. The lowest BCUT2D eigenvalue weighted by Crippen LogP contribution is -2.30. The summed E-state index contributed by atoms with van der Waals surface area (Å²) in [4.78, 5) is 10.1. The van der Waals surface area contributed by atoms with Crippen molar-refractivity contribution in [2.24, 2.45) is 0 Å². The number of hydrogen-bond donors (Lipinski definition) is 1. The minimum Gasteiger partial charge on any atom is -0.361 e. The summed E-state index contributed by atoms with van der Waals surface area (Å²) < 4.78 is 23.7. The van der Waals surface area contributed by atoms with Gasteiger partial charge in [-0.05, 0) is 73.2 Å². The topological polar surface area (TPSA) is 66.1 Å². The number of benzene rings is 1. The van der Waals surface area contributed by atoms with Gasteiger partial charge in [0, 0.05) is 47.8 Å². The fourth-order valence-electron chi connectivity index (χ4n) is 4.28. The molecule has 0 unspecified atom stereocenters. The van der Waals surface area contributed by atoms with E-state index >= 15 is 0 Å². The lowest BCUT2D eigenvalue weighted by Gasteiger charge is -2.24. The molecule has 1 N–H and O–H groups in total. The Morgan fingerprint density at radius 1 is 1.17 bits per heavy atom. The Hall–Kier alpha value is -2.18. The first-order valence-corrected chi connectivity index (χ1v) is 12.3. The van der Waals surface area contributed by atoms with Gasteiger partial charge in [-0.3, -0.25) is 9.88 Å². The highest BCUT2D eigenvalue weighted by atomic mass is 32.2. The summed E-state index contributed by atoms with van der Waals surface area (Å²) in [5, 5.41) is 1.23. The SMILES string of the molecule is CCS(=O)(=O)CCc1ccc2[nH]cc(C[C@H]3CCCN3Cc3ccncc3)c2c1. The van der Waals surface area contributed by atoms with E-state index in [1.165, 1.54) is 29.4 Å². The summed E-state index contributed by atoms with van der Waals surface area (Å²) in [6, 6.07) is 11.0. The summed E-state index contributed by atoms with van der Waals surface area (Å²) in [6.07, 6.45) is 9.89. The van der Waals surface area contributed by atoms with Crippen LogP contribution in [0.3, 0.4) is 0 Å². The molecule has 2 aromatic heterocycles. The molecule has 1 aromatic carbocycles. The van der Waals surface area contributed by atoms with Gasteiger partial charge in [0.15, 0.2) is 0 Å². The highest BCUT2D eigenvalue weighted by Crippen LogP contribution is 2.27. The van der Waals surface area contributed by atoms with Gasteiger partial charge in [0.1, 0.15) is 9.84 Å². The zero-order valence-electron chi connectivity index (χ0n) is 17.0. The molecule has 0 aliphatic carbocycles. The van der Waals surface area contributed by atoms with Crippen LogP contribution in [0.2, 0.25) is 0 Å². The van der Waals surface area contributed by atoms with E-state index in [1.54, 1.807) is 6.92 Å². The number of aromatic amines is 1. The first-order valence-electron chi connectivity index (χ1n) is 10.5. The molecule has 154 valence electrons. The van der Waals surface area contributed by atoms with Crippen LogP contribution in [0.15, 0.2) is 48.9 Å². The maximum atomic E-state index is 11.9. The third kappa shape index (κ3) is 4.87. The smallest absolute Gasteiger partial charge is 0.150 e. The van der Waals surface area contributed by atoms with Crippen LogP contribution in [-0.2, 0) is 29.2 Å². The van der Waals surface area contributed by atoms with E-state index in [0.717, 1.165) is 30.6 Å². The van der Waals surface area contributed by atoms with Gasteiger partial charge in [0.25, 0.3) is 0 Å². The van der Waals surface area contributed by atoms with Crippen molar-refractivity contribution in [3.63, 3.8) is 0 Å². The molecule has 3 aromatic rings. The largest absolute Gasteiger partial charge is 0.361 e. The van der Waals surface area contributed by atoms with Crippen LogP contribution in [0.5, 0.6) is 0 Å². The van der Waals surface area contributed by atoms with Crippen LogP contribution in [0.1, 0.15) is 36.5 Å². The highest BCUT2D eigenvalue weighted by Gasteiger charge is 2.25. The first kappa shape index (κ1) is 20.1. The van der Waals surface area contributed by atoms with Crippen LogP contribution in [-0.4, -0.2) is 47.4 Å². The predicted octanol–water partition coefficient (Wildman–Crippen LogP) is 3.75. The maximum Gasteiger partial charge on any atom is 0.150 e. The molecule has 0 radical (unpaired) electrons. The molecule has 3 heterocycles. The number of hydrogen-bond acceptors (Lipinski definition) is 4. The lowest BCUT2D eigenvalue weighted by atomic mass is 10.0. The average Bonchev–Trinajstić information content (AvgIpc) is 3.34. The van der Waals surface area contributed by atoms with E-state index in [-0.39, 0.29) is 11.5 Å². The molecule has 0 bridgehead atoms.